The van der Waals surface area contributed by atoms with Gasteiger partial charge >= 0.3 is 0 Å². The summed E-state index contributed by atoms with van der Waals surface area (Å²) in [5, 5.41) is 12.2. The second-order valence-corrected chi connectivity index (χ2v) is 3.56. The van der Waals surface area contributed by atoms with Crippen molar-refractivity contribution in [1.82, 2.24) is 20.0 Å². The number of nitrogens with two attached hydrogens (primary N) is 1. The third kappa shape index (κ3) is 1.94. The molecule has 2 N–H and O–H groups in total. The zero-order valence-corrected chi connectivity index (χ0v) is 9.30. The summed E-state index contributed by atoms with van der Waals surface area (Å²) in [7, 11) is 0. The van der Waals surface area contributed by atoms with Gasteiger partial charge in [-0.05, 0) is 18.6 Å². The second kappa shape index (κ2) is 4.85. The Morgan fingerprint density at radius 1 is 1.44 bits per heavy atom. The van der Waals surface area contributed by atoms with Gasteiger partial charge in [0, 0.05) is 18.3 Å². The summed E-state index contributed by atoms with van der Waals surface area (Å²) in [6.07, 6.45) is 5.46. The maximum atomic E-state index is 5.68. The van der Waals surface area contributed by atoms with Gasteiger partial charge in [0.05, 0.1) is 11.9 Å². The molecule has 84 valence electrons. The van der Waals surface area contributed by atoms with Crippen LogP contribution in [0.4, 0.5) is 0 Å². The highest BCUT2D eigenvalue weighted by Crippen LogP contribution is 2.14. The van der Waals surface area contributed by atoms with Crippen molar-refractivity contribution in [1.29, 1.82) is 0 Å². The van der Waals surface area contributed by atoms with Gasteiger partial charge in [-0.25, -0.2) is 4.68 Å². The maximum absolute atomic E-state index is 5.68. The standard InChI is InChI=1S/C11H15N5/c1-2-4-10-9(7-12)8-14-16(10)11-5-3-6-13-15-11/h3,5-6,8H,2,4,7,12H2,1H3. The molecule has 2 aromatic rings. The van der Waals surface area contributed by atoms with Gasteiger partial charge in [-0.1, -0.05) is 13.3 Å². The lowest BCUT2D eigenvalue weighted by molar-refractivity contribution is 0.737. The van der Waals surface area contributed by atoms with E-state index < -0.39 is 0 Å². The molecule has 2 heterocycles. The number of aromatic nitrogens is 4. The molecular formula is C11H15N5. The fourth-order valence-corrected chi connectivity index (χ4v) is 1.69. The molecular weight excluding hydrogens is 202 g/mol. The predicted octanol–water partition coefficient (Wildman–Crippen LogP) is 1.07. The van der Waals surface area contributed by atoms with Crippen LogP contribution in [-0.4, -0.2) is 20.0 Å². The lowest BCUT2D eigenvalue weighted by Crippen LogP contribution is -2.07. The fraction of sp³-hybridized carbons (Fsp3) is 0.364. The van der Waals surface area contributed by atoms with Gasteiger partial charge in [0.25, 0.3) is 0 Å². The third-order valence-electron chi connectivity index (χ3n) is 2.44. The number of nitrogens with zero attached hydrogens (tertiary/aromatic N) is 4. The van der Waals surface area contributed by atoms with E-state index in [0.29, 0.717) is 6.54 Å². The molecule has 0 aliphatic rings. The number of rotatable bonds is 4. The van der Waals surface area contributed by atoms with Crippen molar-refractivity contribution < 1.29 is 0 Å². The van der Waals surface area contributed by atoms with E-state index in [1.54, 1.807) is 12.4 Å². The van der Waals surface area contributed by atoms with Crippen molar-refractivity contribution in [3.63, 3.8) is 0 Å². The normalized spacial score (nSPS) is 10.6. The average molecular weight is 217 g/mol. The Kier molecular flexibility index (Phi) is 3.26. The van der Waals surface area contributed by atoms with Crippen molar-refractivity contribution in [2.24, 2.45) is 5.73 Å². The molecule has 0 aromatic carbocycles. The molecule has 0 fully saturated rings. The van der Waals surface area contributed by atoms with Gasteiger partial charge in [-0.15, -0.1) is 5.10 Å². The lowest BCUT2D eigenvalue weighted by Gasteiger charge is -2.06. The second-order valence-electron chi connectivity index (χ2n) is 3.56. The van der Waals surface area contributed by atoms with Crippen LogP contribution in [-0.2, 0) is 13.0 Å². The fourth-order valence-electron chi connectivity index (χ4n) is 1.69. The van der Waals surface area contributed by atoms with Crippen LogP contribution < -0.4 is 5.73 Å². The molecule has 0 saturated carbocycles. The lowest BCUT2D eigenvalue weighted by atomic mass is 10.1. The van der Waals surface area contributed by atoms with Crippen LogP contribution in [0, 0.1) is 0 Å². The Morgan fingerprint density at radius 2 is 2.31 bits per heavy atom. The minimum absolute atomic E-state index is 0.510. The summed E-state index contributed by atoms with van der Waals surface area (Å²) in [5.74, 6) is 0.741. The zero-order chi connectivity index (χ0) is 11.4. The van der Waals surface area contributed by atoms with Crippen molar-refractivity contribution in [3.05, 3.63) is 35.8 Å². The molecule has 2 rings (SSSR count). The van der Waals surface area contributed by atoms with Crippen molar-refractivity contribution in [2.45, 2.75) is 26.3 Å². The van der Waals surface area contributed by atoms with Crippen LogP contribution in [0.15, 0.2) is 24.5 Å². The summed E-state index contributed by atoms with van der Waals surface area (Å²) >= 11 is 0. The highest BCUT2D eigenvalue weighted by molar-refractivity contribution is 5.27. The van der Waals surface area contributed by atoms with Crippen LogP contribution in [0.25, 0.3) is 5.82 Å². The van der Waals surface area contributed by atoms with Gasteiger partial charge in [0.15, 0.2) is 5.82 Å². The number of hydrogen-bond acceptors (Lipinski definition) is 4. The van der Waals surface area contributed by atoms with E-state index in [0.717, 1.165) is 29.9 Å². The van der Waals surface area contributed by atoms with E-state index >= 15 is 0 Å². The Hall–Kier alpha value is -1.75. The highest BCUT2D eigenvalue weighted by Gasteiger charge is 2.10. The Labute approximate surface area is 94.3 Å². The molecule has 0 saturated heterocycles. The molecule has 0 aliphatic carbocycles. The molecule has 0 bridgehead atoms. The summed E-state index contributed by atoms with van der Waals surface area (Å²) in [6, 6.07) is 3.74. The Balaban J connectivity index is 2.44. The molecule has 0 spiro atoms. The molecule has 2 aromatic heterocycles. The maximum Gasteiger partial charge on any atom is 0.175 e. The van der Waals surface area contributed by atoms with Crippen LogP contribution in [0.2, 0.25) is 0 Å². The Bertz CT molecular complexity index is 449. The van der Waals surface area contributed by atoms with E-state index in [-0.39, 0.29) is 0 Å². The number of hydrogen-bond donors (Lipinski definition) is 1. The minimum atomic E-state index is 0.510. The predicted molar refractivity (Wildman–Crippen MR) is 61.0 cm³/mol. The first-order chi connectivity index (χ1) is 7.86. The smallest absolute Gasteiger partial charge is 0.175 e. The first kappa shape index (κ1) is 10.8. The molecule has 0 radical (unpaired) electrons. The zero-order valence-electron chi connectivity index (χ0n) is 9.30. The SMILES string of the molecule is CCCc1c(CN)cnn1-c1cccnn1. The first-order valence-electron chi connectivity index (χ1n) is 5.40. The molecule has 5 nitrogen and oxygen atoms in total. The average Bonchev–Trinajstić information content (AvgIpc) is 2.74. The summed E-state index contributed by atoms with van der Waals surface area (Å²) in [6.45, 7) is 2.64. The van der Waals surface area contributed by atoms with E-state index in [9.17, 15) is 0 Å². The van der Waals surface area contributed by atoms with E-state index in [2.05, 4.69) is 22.2 Å². The Morgan fingerprint density at radius 3 is 2.94 bits per heavy atom. The first-order valence-corrected chi connectivity index (χ1v) is 5.40. The van der Waals surface area contributed by atoms with Crippen LogP contribution in [0.5, 0.6) is 0 Å². The molecule has 0 unspecified atom stereocenters. The van der Waals surface area contributed by atoms with Crippen molar-refractivity contribution in [3.8, 4) is 5.82 Å². The largest absolute Gasteiger partial charge is 0.326 e. The minimum Gasteiger partial charge on any atom is -0.326 e. The van der Waals surface area contributed by atoms with Gasteiger partial charge in [-0.3, -0.25) is 0 Å². The van der Waals surface area contributed by atoms with Crippen molar-refractivity contribution in [2.75, 3.05) is 0 Å². The van der Waals surface area contributed by atoms with Gasteiger partial charge in [0.1, 0.15) is 0 Å². The summed E-state index contributed by atoms with van der Waals surface area (Å²) < 4.78 is 1.82. The molecule has 5 heteroatoms. The molecule has 16 heavy (non-hydrogen) atoms. The molecule has 0 aliphatic heterocycles. The van der Waals surface area contributed by atoms with Crippen LogP contribution in [0.1, 0.15) is 24.6 Å². The van der Waals surface area contributed by atoms with E-state index in [1.807, 2.05) is 16.8 Å². The van der Waals surface area contributed by atoms with Crippen LogP contribution >= 0.6 is 0 Å². The third-order valence-corrected chi connectivity index (χ3v) is 2.44. The van der Waals surface area contributed by atoms with E-state index in [4.69, 9.17) is 5.73 Å². The van der Waals surface area contributed by atoms with Gasteiger partial charge in [-0.2, -0.15) is 10.2 Å². The molecule has 0 atom stereocenters. The summed E-state index contributed by atoms with van der Waals surface area (Å²) in [5.41, 5.74) is 7.89. The van der Waals surface area contributed by atoms with Crippen LogP contribution in [0.3, 0.4) is 0 Å². The molecule has 0 amide bonds. The van der Waals surface area contributed by atoms with Gasteiger partial charge < -0.3 is 5.73 Å². The highest BCUT2D eigenvalue weighted by atomic mass is 15.3. The van der Waals surface area contributed by atoms with E-state index in [1.165, 1.54) is 0 Å². The van der Waals surface area contributed by atoms with Crippen molar-refractivity contribution >= 4 is 0 Å². The monoisotopic (exact) mass is 217 g/mol. The summed E-state index contributed by atoms with van der Waals surface area (Å²) in [4.78, 5) is 0. The topological polar surface area (TPSA) is 69.6 Å². The quantitative estimate of drug-likeness (QED) is 0.831. The van der Waals surface area contributed by atoms with Gasteiger partial charge in [0.2, 0.25) is 0 Å².